The van der Waals surface area contributed by atoms with Crippen LogP contribution in [0.4, 0.5) is 26.0 Å². The van der Waals surface area contributed by atoms with E-state index in [0.717, 1.165) is 99.4 Å². The molecule has 3 aromatic carbocycles. The maximum atomic E-state index is 14.8. The minimum atomic E-state index is -2.65. The highest BCUT2D eigenvalue weighted by Gasteiger charge is 2.64. The molecule has 6 heterocycles. The Hall–Kier alpha value is -6.47. The van der Waals surface area contributed by atoms with Gasteiger partial charge in [0.25, 0.3) is 12.3 Å². The van der Waals surface area contributed by atoms with E-state index in [0.29, 0.717) is 64.8 Å². The van der Waals surface area contributed by atoms with E-state index in [2.05, 4.69) is 75.7 Å². The normalized spacial score (nSPS) is 22.4. The van der Waals surface area contributed by atoms with Crippen LogP contribution in [-0.2, 0) is 31.2 Å². The van der Waals surface area contributed by atoms with Crippen molar-refractivity contribution in [3.8, 4) is 28.7 Å². The van der Waals surface area contributed by atoms with Crippen LogP contribution in [0.5, 0.6) is 11.5 Å². The first-order valence-electron chi connectivity index (χ1n) is 27.7. The number of piperidine rings is 2. The van der Waals surface area contributed by atoms with Gasteiger partial charge in [0.05, 0.1) is 31.5 Å². The molecule has 1 spiro atoms. The molecule has 1 N–H and O–H groups in total. The maximum Gasteiger partial charge on any atom is 0.264 e. The van der Waals surface area contributed by atoms with Gasteiger partial charge >= 0.3 is 0 Å². The predicted octanol–water partition coefficient (Wildman–Crippen LogP) is 10.6. The molecule has 2 amide bonds. The number of fused-ring (bicyclic) bond motifs is 2. The Morgan fingerprint density at radius 1 is 0.868 bits per heavy atom. The zero-order valence-electron chi connectivity index (χ0n) is 45.4. The Morgan fingerprint density at radius 2 is 1.59 bits per heavy atom. The summed E-state index contributed by atoms with van der Waals surface area (Å²) < 4.78 is 45.5. The predicted molar refractivity (Wildman–Crippen MR) is 289 cm³/mol. The zero-order valence-corrected chi connectivity index (χ0v) is 45.4. The lowest BCUT2D eigenvalue weighted by Crippen LogP contribution is -2.74. The highest BCUT2D eigenvalue weighted by molar-refractivity contribution is 5.95. The lowest BCUT2D eigenvalue weighted by molar-refractivity contribution is -0.164. The molecular weight excluding hydrogens is 963 g/mol. The quantitative estimate of drug-likeness (QED) is 0.136. The van der Waals surface area contributed by atoms with Gasteiger partial charge in [0.1, 0.15) is 23.7 Å². The van der Waals surface area contributed by atoms with Crippen LogP contribution in [0, 0.1) is 27.6 Å². The number of carbonyl (C=O) groups is 2. The number of rotatable bonds is 11. The van der Waals surface area contributed by atoms with E-state index in [1.54, 1.807) is 62.4 Å². The van der Waals surface area contributed by atoms with Gasteiger partial charge in [-0.25, -0.2) is 8.78 Å². The number of halogens is 2. The third-order valence-electron chi connectivity index (χ3n) is 18.7. The first-order chi connectivity index (χ1) is 36.5. The number of ether oxygens (including phenoxy) is 2. The molecule has 4 aliphatic heterocycles. The number of benzene rings is 3. The second-order valence-corrected chi connectivity index (χ2v) is 24.0. The molecule has 76 heavy (non-hydrogen) atoms. The molecule has 2 saturated heterocycles. The summed E-state index contributed by atoms with van der Waals surface area (Å²) in [5.74, 6) is 1.88. The number of nitrogens with one attached hydrogen (secondary N) is 1. The van der Waals surface area contributed by atoms with Crippen molar-refractivity contribution in [2.45, 2.75) is 142 Å². The summed E-state index contributed by atoms with van der Waals surface area (Å²) >= 11 is 0. The van der Waals surface area contributed by atoms with Crippen LogP contribution in [-0.4, -0.2) is 106 Å². The average Bonchev–Trinajstić information content (AvgIpc) is 4.08. The Balaban J connectivity index is 0.688. The first kappa shape index (κ1) is 51.6. The van der Waals surface area contributed by atoms with Gasteiger partial charge in [-0.15, -0.1) is 0 Å². The van der Waals surface area contributed by atoms with Gasteiger partial charge in [-0.05, 0) is 142 Å². The molecule has 14 nitrogen and oxygen atoms in total. The molecule has 2 saturated carbocycles. The van der Waals surface area contributed by atoms with Gasteiger partial charge in [-0.3, -0.25) is 19.0 Å². The number of aryl methyl sites for hydroxylation is 2. The van der Waals surface area contributed by atoms with E-state index in [1.165, 1.54) is 31.4 Å². The number of nitriles is 1. The van der Waals surface area contributed by atoms with Crippen molar-refractivity contribution >= 4 is 29.0 Å². The molecule has 2 aromatic heterocycles. The minimum Gasteiger partial charge on any atom is -0.495 e. The second-order valence-electron chi connectivity index (χ2n) is 24.0. The minimum absolute atomic E-state index is 0.00218. The molecule has 5 aromatic rings. The highest BCUT2D eigenvalue weighted by Crippen LogP contribution is 2.56. The number of likely N-dealkylation sites (tertiary alicyclic amines) is 1. The maximum absolute atomic E-state index is 14.8. The van der Waals surface area contributed by atoms with Crippen LogP contribution in [0.3, 0.4) is 0 Å². The molecule has 0 radical (unpaired) electrons. The monoisotopic (exact) mass is 1040 g/mol. The van der Waals surface area contributed by atoms with Crippen molar-refractivity contribution in [3.63, 3.8) is 0 Å². The smallest absolute Gasteiger partial charge is 0.264 e. The molecule has 6 aliphatic rings. The number of alkyl halides is 2. The Labute approximate surface area is 446 Å². The number of hydrogen-bond acceptors (Lipinski definition) is 10. The first-order valence-corrected chi connectivity index (χ1v) is 27.7. The van der Waals surface area contributed by atoms with Crippen LogP contribution in [0.25, 0.3) is 11.1 Å². The van der Waals surface area contributed by atoms with Crippen LogP contribution >= 0.6 is 0 Å². The van der Waals surface area contributed by atoms with E-state index in [4.69, 9.17) is 14.6 Å². The van der Waals surface area contributed by atoms with Gasteiger partial charge in [-0.2, -0.15) is 15.5 Å². The van der Waals surface area contributed by atoms with Crippen LogP contribution in [0.1, 0.15) is 143 Å². The number of hydrogen-bond donors (Lipinski definition) is 1. The van der Waals surface area contributed by atoms with Gasteiger partial charge < -0.3 is 34.4 Å². The van der Waals surface area contributed by atoms with E-state index in [1.807, 2.05) is 23.1 Å². The number of carbonyl (C=O) groups excluding carboxylic acids is 2. The van der Waals surface area contributed by atoms with Crippen molar-refractivity contribution in [3.05, 3.63) is 101 Å². The molecule has 16 heteroatoms. The zero-order chi connectivity index (χ0) is 53.3. The van der Waals surface area contributed by atoms with Crippen molar-refractivity contribution < 1.29 is 27.8 Å². The third-order valence-corrected chi connectivity index (χ3v) is 18.7. The Bertz CT molecular complexity index is 3010. The van der Waals surface area contributed by atoms with Crippen molar-refractivity contribution in [2.24, 2.45) is 23.3 Å². The van der Waals surface area contributed by atoms with Crippen molar-refractivity contribution in [2.75, 3.05) is 56.2 Å². The molecule has 11 rings (SSSR count). The lowest BCUT2D eigenvalue weighted by Gasteiger charge is -2.63. The van der Waals surface area contributed by atoms with Gasteiger partial charge in [0.15, 0.2) is 5.82 Å². The van der Waals surface area contributed by atoms with Gasteiger partial charge in [0, 0.05) is 121 Å². The van der Waals surface area contributed by atoms with E-state index < -0.39 is 6.43 Å². The van der Waals surface area contributed by atoms with Gasteiger partial charge in [-0.1, -0.05) is 27.7 Å². The summed E-state index contributed by atoms with van der Waals surface area (Å²) in [7, 11) is 3.34. The molecule has 0 unspecified atom stereocenters. The molecule has 0 bridgehead atoms. The fourth-order valence-corrected chi connectivity index (χ4v) is 14.7. The summed E-state index contributed by atoms with van der Waals surface area (Å²) in [6.45, 7) is 16.2. The topological polar surface area (TPSA) is 137 Å². The van der Waals surface area contributed by atoms with Crippen LogP contribution in [0.15, 0.2) is 67.0 Å². The summed E-state index contributed by atoms with van der Waals surface area (Å²) in [6.07, 6.45) is 12.2. The standard InChI is InChI=1S/C60H74F2N10O4/c1-38(73)70-28-20-50-49(37-70)54(71-25-8-9-40-31-47(42-35-64-67(6)36-42)48(53(61)62)33-51(40)71)66-72(50)45-16-21-60(22-17-45)23-29-69(30-24-60)44-18-26-68(27-19-44)43-13-10-39(11-14-43)55(74)65-56-58(2,3)57(59(56,4)5)76-46-15-12-41(34-63)52(32-46)75-7/h10-15,31-33,35-36,44-45,53,56-57H,8-9,16-30,37H2,1-7H3,(H,65,74). The number of amides is 2. The van der Waals surface area contributed by atoms with E-state index >= 15 is 0 Å². The molecule has 402 valence electrons. The fourth-order valence-electron chi connectivity index (χ4n) is 14.7. The SMILES string of the molecule is COc1cc(OC2C(C)(C)C(NC(=O)c3ccc(N4CCC(N5CCC6(CCC(n7nc(N8CCCc9cc(-c%10cnn(C)c%10)c(C(F)F)cc98)c8c7CCN(C(C)=O)C8)CC6)CC5)CC4)cc3)C2(C)C)ccc1C#N. The summed E-state index contributed by atoms with van der Waals surface area (Å²) in [5, 5.41) is 22.5. The number of nitrogens with zero attached hydrogens (tertiary/aromatic N) is 9. The Morgan fingerprint density at radius 3 is 2.24 bits per heavy atom. The molecular formula is C60H74F2N10O4. The lowest BCUT2D eigenvalue weighted by atomic mass is 9.49. The molecule has 2 aliphatic carbocycles. The highest BCUT2D eigenvalue weighted by atomic mass is 19.3. The average molecular weight is 1040 g/mol. The second kappa shape index (κ2) is 20.2. The van der Waals surface area contributed by atoms with Crippen molar-refractivity contribution in [1.29, 1.82) is 5.26 Å². The number of anilines is 3. The van der Waals surface area contributed by atoms with Crippen molar-refractivity contribution in [1.82, 2.24) is 34.7 Å². The van der Waals surface area contributed by atoms with Gasteiger partial charge in [0.2, 0.25) is 5.91 Å². The summed E-state index contributed by atoms with van der Waals surface area (Å²) in [5.41, 5.74) is 7.20. The van der Waals surface area contributed by atoms with E-state index in [-0.39, 0.29) is 46.4 Å². The Kier molecular flexibility index (Phi) is 13.7. The molecule has 0 atom stereocenters. The third kappa shape index (κ3) is 9.38. The van der Waals surface area contributed by atoms with Crippen LogP contribution < -0.4 is 24.6 Å². The summed E-state index contributed by atoms with van der Waals surface area (Å²) in [4.78, 5) is 35.8. The largest absolute Gasteiger partial charge is 0.495 e. The molecule has 4 fully saturated rings. The number of aromatic nitrogens is 4. The van der Waals surface area contributed by atoms with E-state index in [9.17, 15) is 23.6 Å². The summed E-state index contributed by atoms with van der Waals surface area (Å²) in [6, 6.07) is 19.8. The fraction of sp³-hybridized carbons (Fsp3) is 0.550. The van der Waals surface area contributed by atoms with Crippen LogP contribution in [0.2, 0.25) is 0 Å². The number of methoxy groups -OCH3 is 1.